The number of aromatic nitrogens is 8. The fourth-order valence-electron chi connectivity index (χ4n) is 5.60. The van der Waals surface area contributed by atoms with E-state index in [4.69, 9.17) is 50.7 Å². The minimum atomic E-state index is -4.64. The van der Waals surface area contributed by atoms with E-state index in [0.717, 1.165) is 0 Å². The minimum Gasteiger partial charge on any atom is -0.386 e. The van der Waals surface area contributed by atoms with Crippen molar-refractivity contribution in [2.75, 3.05) is 31.7 Å². The maximum atomic E-state index is 13.4. The molecule has 4 aromatic heterocycles. The number of anilines is 2. The maximum absolute atomic E-state index is 13.4. The van der Waals surface area contributed by atoms with Crippen LogP contribution in [-0.4, -0.2) is 114 Å². The van der Waals surface area contributed by atoms with Crippen LogP contribution in [0.15, 0.2) is 23.8 Å². The third-order valence-electron chi connectivity index (χ3n) is 7.61. The summed E-state index contributed by atoms with van der Waals surface area (Å²) < 4.78 is 66.1. The number of aliphatic hydroxyl groups is 1. The van der Waals surface area contributed by atoms with Crippen molar-refractivity contribution in [3.63, 3.8) is 0 Å². The molecule has 0 radical (unpaired) electrons. The highest BCUT2D eigenvalue weighted by atomic mass is 32.5. The lowest BCUT2D eigenvalue weighted by atomic mass is 10.1. The monoisotopic (exact) mass is 703 g/mol. The van der Waals surface area contributed by atoms with Gasteiger partial charge in [0.05, 0.1) is 19.3 Å². The number of nitrogens with zero attached hydrogens (tertiary/aromatic N) is 7. The number of nitrogens with two attached hydrogens (primary N) is 2. The van der Waals surface area contributed by atoms with E-state index in [2.05, 4.69) is 34.6 Å². The van der Waals surface area contributed by atoms with E-state index in [-0.39, 0.29) is 34.1 Å². The van der Waals surface area contributed by atoms with E-state index in [1.807, 2.05) is 0 Å². The molecule has 8 N–H and O–H groups in total. The number of methoxy groups -OCH3 is 1. The average molecular weight is 704 g/mol. The number of aliphatic hydroxyl groups excluding tert-OH is 1. The second-order valence-electron chi connectivity index (χ2n) is 10.4. The molecular formula is C21H26N11O11PS2. The molecule has 22 nitrogen and oxygen atoms in total. The van der Waals surface area contributed by atoms with E-state index in [1.165, 1.54) is 35.2 Å². The Kier molecular flexibility index (Phi) is 7.81. The zero-order valence-corrected chi connectivity index (χ0v) is 25.9. The van der Waals surface area contributed by atoms with Crippen molar-refractivity contribution in [1.82, 2.24) is 43.8 Å². The van der Waals surface area contributed by atoms with Gasteiger partial charge in [0.1, 0.15) is 42.4 Å². The number of ether oxygens (including phenoxy) is 3. The molecule has 3 aliphatic heterocycles. The van der Waals surface area contributed by atoms with Crippen LogP contribution in [0.25, 0.3) is 22.3 Å². The summed E-state index contributed by atoms with van der Waals surface area (Å²) in [7, 11) is -3.36. The molecule has 3 saturated heterocycles. The van der Waals surface area contributed by atoms with Crippen LogP contribution in [0.3, 0.4) is 0 Å². The summed E-state index contributed by atoms with van der Waals surface area (Å²) in [6.45, 7) is -5.18. The highest BCUT2D eigenvalue weighted by Gasteiger charge is 2.53. The van der Waals surface area contributed by atoms with Gasteiger partial charge in [-0.2, -0.15) is 18.1 Å². The molecule has 0 aliphatic carbocycles. The number of H-pyrrole nitrogens is 1. The van der Waals surface area contributed by atoms with Crippen LogP contribution in [0.4, 0.5) is 11.8 Å². The first-order valence-electron chi connectivity index (χ1n) is 13.4. The first kappa shape index (κ1) is 31.3. The van der Waals surface area contributed by atoms with Crippen molar-refractivity contribution in [1.29, 1.82) is 0 Å². The average Bonchev–Trinajstić information content (AvgIpc) is 3.75. The predicted octanol–water partition coefficient (Wildman–Crippen LogP) is -2.85. The molecule has 0 saturated carbocycles. The van der Waals surface area contributed by atoms with Crippen molar-refractivity contribution in [3.8, 4) is 0 Å². The lowest BCUT2D eigenvalue weighted by molar-refractivity contribution is -0.0538. The molecule has 0 spiro atoms. The Balaban J connectivity index is 1.22. The van der Waals surface area contributed by atoms with Crippen molar-refractivity contribution in [3.05, 3.63) is 29.3 Å². The van der Waals surface area contributed by atoms with Crippen molar-refractivity contribution < 1.29 is 45.9 Å². The van der Waals surface area contributed by atoms with E-state index in [0.29, 0.717) is 0 Å². The van der Waals surface area contributed by atoms with Gasteiger partial charge in [0.15, 0.2) is 41.2 Å². The standard InChI is InChI=1S/C21H26N11O11PS2/c1-38-13-8-3-39-44(35,45)42-12-7(40-19(11(12)33)31-5-26-9-15(22)24-4-25-16(9)31)2-28-46(36,37)43-14(13)20(41-8)32-6-27-10-17(32)29-21(23)30-18(10)34/h4-8,11-14,19-20,28,33H,2-3H2,1H3,(H,35,45)(H2,22,24,25)(H3,23,29,30,34). The number of imidazole rings is 2. The Hall–Kier alpha value is -3.26. The van der Waals surface area contributed by atoms with Crippen molar-refractivity contribution >= 4 is 62.9 Å². The third-order valence-corrected chi connectivity index (χ3v) is 10.2. The van der Waals surface area contributed by atoms with Gasteiger partial charge in [-0.3, -0.25) is 23.4 Å². The smallest absolute Gasteiger partial charge is 0.336 e. The van der Waals surface area contributed by atoms with Gasteiger partial charge in [-0.05, 0) is 11.8 Å². The number of hydrogen-bond donors (Lipinski definition) is 6. The molecule has 9 unspecified atom stereocenters. The Morgan fingerprint density at radius 1 is 1.07 bits per heavy atom. The zero-order chi connectivity index (χ0) is 32.5. The van der Waals surface area contributed by atoms with Crippen molar-refractivity contribution in [2.24, 2.45) is 0 Å². The molecule has 7 rings (SSSR count). The molecule has 4 aromatic rings. The number of fused-ring (bicyclic) bond motifs is 5. The van der Waals surface area contributed by atoms with Gasteiger partial charge in [-0.15, -0.1) is 0 Å². The Morgan fingerprint density at radius 3 is 2.54 bits per heavy atom. The SMILES string of the molecule is COC1C2COP(O)(=S)OC3C(CNS(=O)(=O)OC1C(n1cnc4c(=O)[nH]c(N)nc41)O2)OC(n1cnc2c(N)ncnc21)C3O. The molecule has 3 aliphatic rings. The molecule has 248 valence electrons. The molecule has 3 fully saturated rings. The van der Waals surface area contributed by atoms with Crippen molar-refractivity contribution in [2.45, 2.75) is 49.1 Å². The Morgan fingerprint density at radius 2 is 1.78 bits per heavy atom. The lowest BCUT2D eigenvalue weighted by Crippen LogP contribution is -2.44. The normalized spacial score (nSPS) is 35.0. The highest BCUT2D eigenvalue weighted by molar-refractivity contribution is 8.07. The Bertz CT molecular complexity index is 2030. The van der Waals surface area contributed by atoms with Gasteiger partial charge < -0.3 is 40.2 Å². The molecular weight excluding hydrogens is 677 g/mol. The van der Waals surface area contributed by atoms with E-state index in [9.17, 15) is 23.2 Å². The zero-order valence-electron chi connectivity index (χ0n) is 23.4. The lowest BCUT2D eigenvalue weighted by Gasteiger charge is -2.26. The van der Waals surface area contributed by atoms with Gasteiger partial charge in [0.2, 0.25) is 5.95 Å². The van der Waals surface area contributed by atoms with Crippen LogP contribution in [0.5, 0.6) is 0 Å². The largest absolute Gasteiger partial charge is 0.386 e. The first-order chi connectivity index (χ1) is 21.9. The molecule has 46 heavy (non-hydrogen) atoms. The van der Waals surface area contributed by atoms with Gasteiger partial charge in [-0.25, -0.2) is 24.1 Å². The van der Waals surface area contributed by atoms with Crippen LogP contribution >= 0.6 is 6.72 Å². The molecule has 9 atom stereocenters. The summed E-state index contributed by atoms with van der Waals surface area (Å²) in [5.41, 5.74) is 11.3. The molecule has 0 amide bonds. The number of rotatable bonds is 3. The molecule has 2 bridgehead atoms. The predicted molar refractivity (Wildman–Crippen MR) is 156 cm³/mol. The highest BCUT2D eigenvalue weighted by Crippen LogP contribution is 2.50. The third kappa shape index (κ3) is 5.44. The summed E-state index contributed by atoms with van der Waals surface area (Å²) in [5.74, 6) is -0.142. The fraction of sp³-hybridized carbons (Fsp3) is 0.524. The summed E-state index contributed by atoms with van der Waals surface area (Å²) in [5, 5.41) is 11.3. The van der Waals surface area contributed by atoms with E-state index >= 15 is 0 Å². The number of hydrogen-bond acceptors (Lipinski definition) is 18. The molecule has 7 heterocycles. The van der Waals surface area contributed by atoms with Crippen LogP contribution in [-0.2, 0) is 49.6 Å². The minimum absolute atomic E-state index is 0.0281. The number of aromatic amines is 1. The summed E-state index contributed by atoms with van der Waals surface area (Å²) in [6.07, 6.45) is -6.69. The quantitative estimate of drug-likeness (QED) is 0.117. The van der Waals surface area contributed by atoms with E-state index < -0.39 is 84.8 Å². The first-order valence-corrected chi connectivity index (χ1v) is 17.4. The van der Waals surface area contributed by atoms with Crippen LogP contribution in [0, 0.1) is 0 Å². The second kappa shape index (κ2) is 11.5. The van der Waals surface area contributed by atoms with Gasteiger partial charge in [-0.1, -0.05) is 0 Å². The Labute approximate surface area is 262 Å². The summed E-state index contributed by atoms with van der Waals surface area (Å²) in [6, 6.07) is 0. The molecule has 0 aromatic carbocycles. The molecule has 25 heteroatoms. The summed E-state index contributed by atoms with van der Waals surface area (Å²) in [4.78, 5) is 46.1. The van der Waals surface area contributed by atoms with Gasteiger partial charge in [0, 0.05) is 13.7 Å². The van der Waals surface area contributed by atoms with Crippen LogP contribution < -0.4 is 21.7 Å². The topological polar surface area (TPSA) is 301 Å². The van der Waals surface area contributed by atoms with Gasteiger partial charge in [0.25, 0.3) is 5.56 Å². The van der Waals surface area contributed by atoms with Gasteiger partial charge >= 0.3 is 17.0 Å². The van der Waals surface area contributed by atoms with Crippen LogP contribution in [0.2, 0.25) is 0 Å². The number of nitrogen functional groups attached to an aromatic ring is 2. The second-order valence-corrected chi connectivity index (χ2v) is 14.6. The maximum Gasteiger partial charge on any atom is 0.336 e. The summed E-state index contributed by atoms with van der Waals surface area (Å²) >= 11 is 5.26. The number of nitrogens with one attached hydrogen (secondary N) is 2. The van der Waals surface area contributed by atoms with E-state index in [1.54, 1.807) is 0 Å². The van der Waals surface area contributed by atoms with Crippen LogP contribution in [0.1, 0.15) is 12.5 Å². The fourth-order valence-corrected chi connectivity index (χ4v) is 7.98.